The highest BCUT2D eigenvalue weighted by atomic mass is 16.2. The summed E-state index contributed by atoms with van der Waals surface area (Å²) in [5, 5.41) is 9.76. The van der Waals surface area contributed by atoms with E-state index in [0.29, 0.717) is 0 Å². The van der Waals surface area contributed by atoms with Crippen LogP contribution in [0.2, 0.25) is 0 Å². The fraction of sp³-hybridized carbons (Fsp3) is 0.0400. The first-order valence-corrected chi connectivity index (χ1v) is 19.4. The zero-order chi connectivity index (χ0) is 40.8. The smallest absolute Gasteiger partial charge is 0.244 e. The minimum absolute atomic E-state index is 0.00811. The maximum atomic E-state index is 14.4. The molecule has 0 bridgehead atoms. The van der Waals surface area contributed by atoms with Crippen LogP contribution in [0.3, 0.4) is 0 Å². The second-order valence-corrected chi connectivity index (χ2v) is 15.1. The van der Waals surface area contributed by atoms with Gasteiger partial charge in [-0.2, -0.15) is 0 Å². The number of carbonyl (C=O) groups excluding carboxylic acids is 2. The Morgan fingerprint density at radius 2 is 0.650 bits per heavy atom. The SMILES string of the molecule is O=C(Cn1c2ccccc2c2ccccc21)Nc1cccc2c(=O)c3cc4c(=O)c5c(NC(=O)Cn6c7ccccc7c7ccccc76)cccc5c(=O)c4cc3c(=O)c12. The Morgan fingerprint density at radius 1 is 0.350 bits per heavy atom. The average Bonchev–Trinajstić information content (AvgIpc) is 3.76. The summed E-state index contributed by atoms with van der Waals surface area (Å²) in [6, 6.07) is 43.2. The Bertz CT molecular complexity index is 3570. The van der Waals surface area contributed by atoms with Gasteiger partial charge in [0.15, 0.2) is 21.7 Å². The first-order chi connectivity index (χ1) is 29.3. The van der Waals surface area contributed by atoms with E-state index < -0.39 is 33.5 Å². The normalized spacial score (nSPS) is 11.9. The lowest BCUT2D eigenvalue weighted by molar-refractivity contribution is -0.117. The van der Waals surface area contributed by atoms with Crippen LogP contribution in [0.4, 0.5) is 11.4 Å². The first kappa shape index (κ1) is 35.0. The second kappa shape index (κ2) is 13.2. The predicted molar refractivity (Wildman–Crippen MR) is 240 cm³/mol. The molecule has 9 aromatic carbocycles. The van der Waals surface area contributed by atoms with Crippen molar-refractivity contribution in [2.24, 2.45) is 0 Å². The van der Waals surface area contributed by atoms with Gasteiger partial charge in [-0.25, -0.2) is 0 Å². The fourth-order valence-corrected chi connectivity index (χ4v) is 9.11. The number of hydrogen-bond acceptors (Lipinski definition) is 6. The van der Waals surface area contributed by atoms with E-state index in [1.165, 1.54) is 24.3 Å². The summed E-state index contributed by atoms with van der Waals surface area (Å²) in [7, 11) is 0. The molecule has 2 aromatic heterocycles. The van der Waals surface area contributed by atoms with E-state index in [9.17, 15) is 28.8 Å². The Hall–Kier alpha value is -8.24. The van der Waals surface area contributed by atoms with Crippen LogP contribution >= 0.6 is 0 Å². The highest BCUT2D eigenvalue weighted by Gasteiger charge is 2.22. The quantitative estimate of drug-likeness (QED) is 0.164. The number of fused-ring (bicyclic) bond motifs is 10. The Labute approximate surface area is 337 Å². The Morgan fingerprint density at radius 3 is 1.00 bits per heavy atom. The van der Waals surface area contributed by atoms with Crippen LogP contribution in [0.5, 0.6) is 0 Å². The summed E-state index contributed by atoms with van der Waals surface area (Å²) in [5.41, 5.74) is 1.65. The third-order valence-electron chi connectivity index (χ3n) is 11.7. The highest BCUT2D eigenvalue weighted by Crippen LogP contribution is 2.31. The zero-order valence-electron chi connectivity index (χ0n) is 31.6. The first-order valence-electron chi connectivity index (χ1n) is 19.4. The number of anilines is 2. The molecule has 0 aliphatic rings. The number of aromatic nitrogens is 2. The molecule has 0 fully saturated rings. The maximum absolute atomic E-state index is 14.4. The number of nitrogens with zero attached hydrogens (tertiary/aromatic N) is 2. The van der Waals surface area contributed by atoms with Gasteiger partial charge in [0.2, 0.25) is 11.8 Å². The number of benzene rings is 9. The van der Waals surface area contributed by atoms with E-state index in [1.807, 2.05) is 106 Å². The van der Waals surface area contributed by atoms with Crippen LogP contribution in [0.1, 0.15) is 0 Å². The van der Waals surface area contributed by atoms with E-state index in [1.54, 1.807) is 24.3 Å². The summed E-state index contributed by atoms with van der Waals surface area (Å²) < 4.78 is 3.82. The maximum Gasteiger partial charge on any atom is 0.244 e. The predicted octanol–water partition coefficient (Wildman–Crippen LogP) is 8.11. The highest BCUT2D eigenvalue weighted by molar-refractivity contribution is 6.14. The molecule has 2 amide bonds. The van der Waals surface area contributed by atoms with Crippen LogP contribution < -0.4 is 32.3 Å². The summed E-state index contributed by atoms with van der Waals surface area (Å²) >= 11 is 0. The molecule has 0 radical (unpaired) electrons. The zero-order valence-corrected chi connectivity index (χ0v) is 31.6. The number of amides is 2. The number of hydrogen-bond donors (Lipinski definition) is 2. The van der Waals surface area contributed by atoms with E-state index >= 15 is 0 Å². The molecule has 0 spiro atoms. The second-order valence-electron chi connectivity index (χ2n) is 15.1. The molecular formula is C50H30N4O6. The van der Waals surface area contributed by atoms with Crippen molar-refractivity contribution in [2.45, 2.75) is 13.1 Å². The van der Waals surface area contributed by atoms with Gasteiger partial charge < -0.3 is 19.8 Å². The van der Waals surface area contributed by atoms with Crippen LogP contribution in [0.15, 0.2) is 165 Å². The summed E-state index contributed by atoms with van der Waals surface area (Å²) in [5.74, 6) is -0.802. The van der Waals surface area contributed by atoms with Gasteiger partial charge in [0.25, 0.3) is 0 Å². The van der Waals surface area contributed by atoms with Gasteiger partial charge in [-0.1, -0.05) is 97.1 Å². The number of rotatable bonds is 6. The van der Waals surface area contributed by atoms with Gasteiger partial charge in [-0.3, -0.25) is 28.8 Å². The van der Waals surface area contributed by atoms with Gasteiger partial charge >= 0.3 is 0 Å². The minimum atomic E-state index is -0.563. The van der Waals surface area contributed by atoms with Crippen molar-refractivity contribution < 1.29 is 9.59 Å². The third kappa shape index (κ3) is 5.14. The van der Waals surface area contributed by atoms with Crippen molar-refractivity contribution >= 4 is 110 Å². The number of nitrogens with one attached hydrogen (secondary N) is 2. The molecule has 0 aliphatic carbocycles. The summed E-state index contributed by atoms with van der Waals surface area (Å²) in [6.45, 7) is -0.106. The van der Waals surface area contributed by atoms with Gasteiger partial charge in [0.05, 0.1) is 22.1 Å². The van der Waals surface area contributed by atoms with Crippen molar-refractivity contribution in [1.82, 2.24) is 9.13 Å². The lowest BCUT2D eigenvalue weighted by Crippen LogP contribution is -2.22. The van der Waals surface area contributed by atoms with Crippen molar-refractivity contribution in [2.75, 3.05) is 10.6 Å². The molecule has 0 aliphatic heterocycles. The molecule has 0 saturated carbocycles. The molecule has 10 heteroatoms. The van der Waals surface area contributed by atoms with Crippen LogP contribution in [0.25, 0.3) is 86.7 Å². The Kier molecular flexibility index (Phi) is 7.66. The van der Waals surface area contributed by atoms with E-state index in [0.717, 1.165) is 43.6 Å². The monoisotopic (exact) mass is 782 g/mol. The number of para-hydroxylation sites is 4. The summed E-state index contributed by atoms with van der Waals surface area (Å²) in [6.07, 6.45) is 0. The van der Waals surface area contributed by atoms with E-state index in [-0.39, 0.29) is 67.6 Å². The third-order valence-corrected chi connectivity index (χ3v) is 11.7. The molecule has 2 N–H and O–H groups in total. The topological polar surface area (TPSA) is 136 Å². The lowest BCUT2D eigenvalue weighted by atomic mass is 9.95. The van der Waals surface area contributed by atoms with E-state index in [4.69, 9.17) is 0 Å². The largest absolute Gasteiger partial charge is 0.331 e. The van der Waals surface area contributed by atoms with Crippen LogP contribution in [-0.4, -0.2) is 20.9 Å². The van der Waals surface area contributed by atoms with E-state index in [2.05, 4.69) is 10.6 Å². The lowest BCUT2D eigenvalue weighted by Gasteiger charge is -2.12. The Balaban J connectivity index is 0.988. The molecule has 0 atom stereocenters. The molecule has 10 nitrogen and oxygen atoms in total. The summed E-state index contributed by atoms with van der Waals surface area (Å²) in [4.78, 5) is 84.5. The van der Waals surface area contributed by atoms with Crippen LogP contribution in [0, 0.1) is 0 Å². The standard InChI is InChI=1S/C50H30N4O6/c55-43(25-53-39-19-5-1-11-27(39)28-12-2-6-20-40(28)53)51-37-17-9-15-31-45(37)49(59)35-23-34-36(24-33(35)47(31)57)50(60)46-32(48(34)58)16-10-18-38(46)52-44(56)26-54-41-21-7-3-13-29(41)30-14-4-8-22-42(30)54/h1-24H,25-26H2,(H,51,55)(H,52,56). The minimum Gasteiger partial charge on any atom is -0.331 e. The molecule has 11 rings (SSSR count). The van der Waals surface area contributed by atoms with Crippen molar-refractivity contribution in [1.29, 1.82) is 0 Å². The van der Waals surface area contributed by atoms with Crippen molar-refractivity contribution in [3.05, 3.63) is 186 Å². The number of carbonyl (C=O) groups is 2. The van der Waals surface area contributed by atoms with Gasteiger partial charge in [-0.05, 0) is 48.5 Å². The van der Waals surface area contributed by atoms with Gasteiger partial charge in [0, 0.05) is 75.9 Å². The molecule has 0 saturated heterocycles. The molecular weight excluding hydrogens is 753 g/mol. The molecule has 60 heavy (non-hydrogen) atoms. The van der Waals surface area contributed by atoms with Gasteiger partial charge in [0.1, 0.15) is 13.1 Å². The van der Waals surface area contributed by atoms with Gasteiger partial charge in [-0.15, -0.1) is 0 Å². The molecule has 286 valence electrons. The molecule has 2 heterocycles. The molecule has 11 aromatic rings. The molecule has 0 unspecified atom stereocenters. The fourth-order valence-electron chi connectivity index (χ4n) is 9.11. The van der Waals surface area contributed by atoms with Crippen molar-refractivity contribution in [3.63, 3.8) is 0 Å². The van der Waals surface area contributed by atoms with Crippen LogP contribution in [-0.2, 0) is 22.7 Å². The van der Waals surface area contributed by atoms with Crippen molar-refractivity contribution in [3.8, 4) is 0 Å². The average molecular weight is 783 g/mol.